The lowest BCUT2D eigenvalue weighted by atomic mass is 9.96. The number of nitrogens with zero attached hydrogens (tertiary/aromatic N) is 1. The first kappa shape index (κ1) is 21.4. The summed E-state index contributed by atoms with van der Waals surface area (Å²) in [7, 11) is -1.53. The lowest BCUT2D eigenvalue weighted by molar-refractivity contribution is 1.38. The number of hydrogen-bond acceptors (Lipinski definition) is 1. The molecule has 0 N–H and O–H groups in total. The van der Waals surface area contributed by atoms with E-state index in [1.165, 1.54) is 38.4 Å². The van der Waals surface area contributed by atoms with Gasteiger partial charge in [-0.05, 0) is 52.9 Å². The smallest absolute Gasteiger partial charge is 0.0784 e. The zero-order valence-electron chi connectivity index (χ0n) is 19.8. The summed E-state index contributed by atoms with van der Waals surface area (Å²) in [5.41, 5.74) is 9.64. The van der Waals surface area contributed by atoms with Crippen LogP contribution in [0.15, 0.2) is 103 Å². The Bertz CT molecular complexity index is 1430. The van der Waals surface area contributed by atoms with Crippen LogP contribution in [0, 0.1) is 6.92 Å². The third kappa shape index (κ3) is 4.15. The quantitative estimate of drug-likeness (QED) is 0.256. The number of pyridine rings is 1. The fourth-order valence-corrected chi connectivity index (χ4v) is 6.28. The van der Waals surface area contributed by atoms with Gasteiger partial charge in [-0.1, -0.05) is 110 Å². The van der Waals surface area contributed by atoms with Crippen LogP contribution in [0.4, 0.5) is 0 Å². The van der Waals surface area contributed by atoms with Crippen molar-refractivity contribution in [2.75, 3.05) is 0 Å². The van der Waals surface area contributed by atoms with Crippen molar-refractivity contribution in [2.45, 2.75) is 26.6 Å². The molecule has 0 aliphatic carbocycles. The van der Waals surface area contributed by atoms with Gasteiger partial charge >= 0.3 is 0 Å². The molecule has 4 aromatic carbocycles. The molecular formula is C31H29NSi. The van der Waals surface area contributed by atoms with E-state index in [4.69, 9.17) is 4.98 Å². The number of rotatable bonds is 4. The van der Waals surface area contributed by atoms with Gasteiger partial charge in [0, 0.05) is 10.9 Å². The maximum absolute atomic E-state index is 5.11. The minimum Gasteiger partial charge on any atom is -0.248 e. The molecule has 162 valence electrons. The lowest BCUT2D eigenvalue weighted by Gasteiger charge is -2.23. The van der Waals surface area contributed by atoms with Crippen LogP contribution in [-0.4, -0.2) is 13.1 Å². The van der Waals surface area contributed by atoms with Gasteiger partial charge in [0.25, 0.3) is 0 Å². The van der Waals surface area contributed by atoms with Crippen molar-refractivity contribution in [3.63, 3.8) is 0 Å². The summed E-state index contributed by atoms with van der Waals surface area (Å²) >= 11 is 0. The Morgan fingerprint density at radius 2 is 1.27 bits per heavy atom. The molecule has 0 fully saturated rings. The van der Waals surface area contributed by atoms with Crippen LogP contribution in [0.2, 0.25) is 19.6 Å². The summed E-state index contributed by atoms with van der Waals surface area (Å²) in [6.45, 7) is 9.43. The van der Waals surface area contributed by atoms with Crippen molar-refractivity contribution < 1.29 is 0 Å². The molecule has 1 aromatic heterocycles. The fourth-order valence-electron chi connectivity index (χ4n) is 4.67. The van der Waals surface area contributed by atoms with Crippen LogP contribution in [-0.2, 0) is 0 Å². The van der Waals surface area contributed by atoms with Gasteiger partial charge in [0.15, 0.2) is 0 Å². The first-order valence-electron chi connectivity index (χ1n) is 11.6. The summed E-state index contributed by atoms with van der Waals surface area (Å²) < 4.78 is 0. The Hall–Kier alpha value is -3.49. The van der Waals surface area contributed by atoms with Gasteiger partial charge in [-0.3, -0.25) is 0 Å². The molecule has 0 saturated heterocycles. The van der Waals surface area contributed by atoms with Gasteiger partial charge in [0.05, 0.1) is 19.3 Å². The summed E-state index contributed by atoms with van der Waals surface area (Å²) in [5, 5.41) is 2.72. The van der Waals surface area contributed by atoms with E-state index in [9.17, 15) is 0 Å². The SMILES string of the molecule is Cc1cc(-c2ccc3c(-c4ccccc4)c([Si](C)(C)C)ccc3n2)ccc1-c1ccccc1. The molecule has 2 heteroatoms. The molecule has 0 aliphatic heterocycles. The van der Waals surface area contributed by atoms with Gasteiger partial charge in [-0.15, -0.1) is 0 Å². The molecule has 0 bridgehead atoms. The molecule has 5 rings (SSSR count). The third-order valence-electron chi connectivity index (χ3n) is 6.35. The average molecular weight is 444 g/mol. The lowest BCUT2D eigenvalue weighted by Crippen LogP contribution is -2.39. The Morgan fingerprint density at radius 3 is 1.91 bits per heavy atom. The van der Waals surface area contributed by atoms with Crippen molar-refractivity contribution in [3.8, 4) is 33.5 Å². The van der Waals surface area contributed by atoms with Gasteiger partial charge < -0.3 is 0 Å². The van der Waals surface area contributed by atoms with Crippen LogP contribution in [0.25, 0.3) is 44.4 Å². The van der Waals surface area contributed by atoms with E-state index in [1.54, 1.807) is 0 Å². The highest BCUT2D eigenvalue weighted by Crippen LogP contribution is 2.32. The van der Waals surface area contributed by atoms with Crippen molar-refractivity contribution in [3.05, 3.63) is 109 Å². The Balaban J connectivity index is 1.63. The number of aromatic nitrogens is 1. The largest absolute Gasteiger partial charge is 0.248 e. The zero-order valence-corrected chi connectivity index (χ0v) is 20.8. The van der Waals surface area contributed by atoms with E-state index >= 15 is 0 Å². The van der Waals surface area contributed by atoms with Crippen LogP contribution >= 0.6 is 0 Å². The minimum atomic E-state index is -1.53. The van der Waals surface area contributed by atoms with Crippen molar-refractivity contribution in [1.29, 1.82) is 0 Å². The first-order valence-corrected chi connectivity index (χ1v) is 15.1. The standard InChI is InChI=1S/C31H29NSi/c1-22-21-25(15-16-26(22)23-11-7-5-8-12-23)28-18-17-27-29(32-28)19-20-30(33(2,3)4)31(27)24-13-9-6-10-14-24/h5-21H,1-4H3. The molecule has 1 heterocycles. The summed E-state index contributed by atoms with van der Waals surface area (Å²) in [6.07, 6.45) is 0. The molecule has 0 atom stereocenters. The molecule has 0 aliphatic rings. The van der Waals surface area contributed by atoms with Crippen LogP contribution < -0.4 is 5.19 Å². The maximum Gasteiger partial charge on any atom is 0.0784 e. The number of aryl methyl sites for hydroxylation is 1. The van der Waals surface area contributed by atoms with E-state index in [2.05, 4.69) is 130 Å². The zero-order chi connectivity index (χ0) is 23.0. The molecule has 0 radical (unpaired) electrons. The molecule has 0 saturated carbocycles. The third-order valence-corrected chi connectivity index (χ3v) is 8.38. The summed E-state index contributed by atoms with van der Waals surface area (Å²) in [4.78, 5) is 5.11. The van der Waals surface area contributed by atoms with Crippen molar-refractivity contribution in [1.82, 2.24) is 4.98 Å². The highest BCUT2D eigenvalue weighted by Gasteiger charge is 2.23. The second kappa shape index (κ2) is 8.46. The van der Waals surface area contributed by atoms with E-state index in [1.807, 2.05) is 0 Å². The molecular weight excluding hydrogens is 414 g/mol. The van der Waals surface area contributed by atoms with Gasteiger partial charge in [0.2, 0.25) is 0 Å². The van der Waals surface area contributed by atoms with E-state index in [0.717, 1.165) is 16.8 Å². The highest BCUT2D eigenvalue weighted by molar-refractivity contribution is 6.90. The number of hydrogen-bond donors (Lipinski definition) is 0. The molecule has 0 amide bonds. The molecule has 1 nitrogen and oxygen atoms in total. The van der Waals surface area contributed by atoms with Crippen LogP contribution in [0.3, 0.4) is 0 Å². The predicted molar refractivity (Wildman–Crippen MR) is 146 cm³/mol. The Labute approximate surface area is 197 Å². The Kier molecular flexibility index (Phi) is 5.47. The second-order valence-electron chi connectivity index (χ2n) is 9.76. The topological polar surface area (TPSA) is 12.9 Å². The summed E-state index contributed by atoms with van der Waals surface area (Å²) in [6, 6.07) is 37.0. The Morgan fingerprint density at radius 1 is 0.606 bits per heavy atom. The molecule has 0 unspecified atom stereocenters. The average Bonchev–Trinajstić information content (AvgIpc) is 2.83. The number of benzene rings is 4. The minimum absolute atomic E-state index is 1.02. The van der Waals surface area contributed by atoms with E-state index < -0.39 is 8.07 Å². The van der Waals surface area contributed by atoms with E-state index in [-0.39, 0.29) is 0 Å². The normalized spacial score (nSPS) is 11.6. The van der Waals surface area contributed by atoms with Crippen LogP contribution in [0.5, 0.6) is 0 Å². The van der Waals surface area contributed by atoms with Crippen molar-refractivity contribution >= 4 is 24.2 Å². The fraction of sp³-hybridized carbons (Fsp3) is 0.129. The molecule has 33 heavy (non-hydrogen) atoms. The van der Waals surface area contributed by atoms with Gasteiger partial charge in [-0.2, -0.15) is 0 Å². The first-order chi connectivity index (χ1) is 15.9. The molecule has 0 spiro atoms. The van der Waals surface area contributed by atoms with Gasteiger partial charge in [0.1, 0.15) is 0 Å². The second-order valence-corrected chi connectivity index (χ2v) is 14.8. The van der Waals surface area contributed by atoms with E-state index in [0.29, 0.717) is 0 Å². The van der Waals surface area contributed by atoms with Crippen LogP contribution in [0.1, 0.15) is 5.56 Å². The monoisotopic (exact) mass is 443 g/mol. The number of fused-ring (bicyclic) bond motifs is 1. The van der Waals surface area contributed by atoms with Gasteiger partial charge in [-0.25, -0.2) is 4.98 Å². The maximum atomic E-state index is 5.11. The highest BCUT2D eigenvalue weighted by atomic mass is 28.3. The van der Waals surface area contributed by atoms with Crippen molar-refractivity contribution in [2.24, 2.45) is 0 Å². The summed E-state index contributed by atoms with van der Waals surface area (Å²) in [5.74, 6) is 0. The molecule has 5 aromatic rings. The predicted octanol–water partition coefficient (Wildman–Crippen LogP) is 8.09.